The maximum Gasteiger partial charge on any atom is 0.243 e. The lowest BCUT2D eigenvalue weighted by atomic mass is 10.2. The highest BCUT2D eigenvalue weighted by atomic mass is 32.2. The fourth-order valence-corrected chi connectivity index (χ4v) is 4.96. The van der Waals surface area contributed by atoms with Crippen molar-refractivity contribution in [3.05, 3.63) is 54.0 Å². The minimum atomic E-state index is -4.25. The maximum absolute atomic E-state index is 13.8. The zero-order valence-electron chi connectivity index (χ0n) is 23.9. The number of hydrogen-bond acceptors (Lipinski definition) is 10. The highest BCUT2D eigenvalue weighted by Gasteiger charge is 2.36. The number of methoxy groups -OCH3 is 2. The van der Waals surface area contributed by atoms with E-state index in [0.29, 0.717) is 28.6 Å². The highest BCUT2D eigenvalue weighted by Crippen LogP contribution is 2.38. The van der Waals surface area contributed by atoms with Crippen LogP contribution in [0.1, 0.15) is 26.3 Å². The van der Waals surface area contributed by atoms with E-state index in [9.17, 15) is 13.5 Å². The number of aryl methyl sites for hydroxylation is 1. The monoisotopic (exact) mass is 585 g/mol. The Bertz CT molecular complexity index is 1510. The molecule has 0 aliphatic carbocycles. The fraction of sp³-hybridized carbons (Fsp3) is 0.370. The molecular formula is C27H35N7O6S. The molecule has 14 heteroatoms. The molecule has 220 valence electrons. The van der Waals surface area contributed by atoms with Gasteiger partial charge in [-0.15, -0.1) is 10.2 Å². The van der Waals surface area contributed by atoms with Gasteiger partial charge >= 0.3 is 0 Å². The number of anilines is 1. The van der Waals surface area contributed by atoms with Crippen LogP contribution in [0.15, 0.2) is 58.4 Å². The van der Waals surface area contributed by atoms with Crippen LogP contribution in [-0.4, -0.2) is 84.6 Å². The molecule has 0 amide bonds. The number of ether oxygens (including phenoxy) is 3. The van der Waals surface area contributed by atoms with Gasteiger partial charge in [0.05, 0.1) is 27.4 Å². The van der Waals surface area contributed by atoms with E-state index >= 15 is 0 Å². The first kappa shape index (κ1) is 31.4. The lowest BCUT2D eigenvalue weighted by molar-refractivity contribution is 0.0638. The molecule has 0 fully saturated rings. The number of aromatic nitrogens is 4. The van der Waals surface area contributed by atoms with Gasteiger partial charge in [-0.25, -0.2) is 18.4 Å². The van der Waals surface area contributed by atoms with Gasteiger partial charge in [0.1, 0.15) is 28.5 Å². The number of amidine groups is 1. The van der Waals surface area contributed by atoms with Crippen LogP contribution in [0.3, 0.4) is 0 Å². The summed E-state index contributed by atoms with van der Waals surface area (Å²) in [4.78, 5) is 12.4. The van der Waals surface area contributed by atoms with Crippen molar-refractivity contribution in [1.82, 2.24) is 19.7 Å². The Hall–Kier alpha value is -4.14. The Kier molecular flexibility index (Phi) is 10.7. The zero-order valence-corrected chi connectivity index (χ0v) is 24.7. The van der Waals surface area contributed by atoms with Crippen molar-refractivity contribution in [3.8, 4) is 28.6 Å². The molecule has 41 heavy (non-hydrogen) atoms. The number of hydrogen-bond donors (Lipinski definition) is 2. The van der Waals surface area contributed by atoms with E-state index in [1.807, 2.05) is 26.8 Å². The van der Waals surface area contributed by atoms with E-state index in [1.54, 1.807) is 30.6 Å². The third-order valence-corrected chi connectivity index (χ3v) is 7.52. The number of aliphatic hydroxyl groups excluding tert-OH is 1. The Morgan fingerprint density at radius 2 is 1.88 bits per heavy atom. The minimum Gasteiger partial charge on any atom is -0.494 e. The maximum atomic E-state index is 13.8. The Morgan fingerprint density at radius 3 is 2.44 bits per heavy atom. The molecule has 0 saturated carbocycles. The van der Waals surface area contributed by atoms with Crippen LogP contribution in [0.5, 0.6) is 11.5 Å². The van der Waals surface area contributed by atoms with Gasteiger partial charge in [-0.1, -0.05) is 11.6 Å². The first-order valence-electron chi connectivity index (χ1n) is 12.6. The highest BCUT2D eigenvalue weighted by molar-refractivity contribution is 7.93. The number of allylic oxidation sites excluding steroid dienone is 1. The van der Waals surface area contributed by atoms with Gasteiger partial charge in [-0.3, -0.25) is 14.3 Å². The van der Waals surface area contributed by atoms with Gasteiger partial charge in [-0.05, 0) is 58.2 Å². The summed E-state index contributed by atoms with van der Waals surface area (Å²) >= 11 is 0. The van der Waals surface area contributed by atoms with Gasteiger partial charge in [-0.2, -0.15) is 0 Å². The summed E-state index contributed by atoms with van der Waals surface area (Å²) in [5, 5.41) is 16.6. The van der Waals surface area contributed by atoms with Crippen LogP contribution in [0.4, 0.5) is 5.95 Å². The first-order chi connectivity index (χ1) is 19.6. The number of sulfonamides is 1. The molecule has 0 unspecified atom stereocenters. The van der Waals surface area contributed by atoms with Crippen molar-refractivity contribution in [1.29, 1.82) is 0 Å². The molecule has 0 aliphatic heterocycles. The summed E-state index contributed by atoms with van der Waals surface area (Å²) in [6.07, 6.45) is 3.65. The van der Waals surface area contributed by atoms with Gasteiger partial charge in [0, 0.05) is 24.2 Å². The number of benzene rings is 1. The quantitative estimate of drug-likeness (QED) is 0.227. The minimum absolute atomic E-state index is 0.0388. The van der Waals surface area contributed by atoms with Crippen LogP contribution in [0.2, 0.25) is 0 Å². The fourth-order valence-electron chi connectivity index (χ4n) is 3.86. The number of para-hydroxylation sites is 1. The number of aliphatic hydroxyl groups is 1. The molecular weight excluding hydrogens is 550 g/mol. The van der Waals surface area contributed by atoms with E-state index < -0.39 is 21.4 Å². The average Bonchev–Trinajstić information content (AvgIpc) is 3.35. The summed E-state index contributed by atoms with van der Waals surface area (Å²) in [6, 6.07) is 7.00. The zero-order chi connectivity index (χ0) is 30.2. The van der Waals surface area contributed by atoms with Crippen molar-refractivity contribution in [2.24, 2.45) is 9.98 Å². The normalized spacial score (nSPS) is 13.3. The molecule has 1 aromatic carbocycles. The number of nitrogens with zero attached hydrogens (tertiary/aromatic N) is 6. The van der Waals surface area contributed by atoms with E-state index in [-0.39, 0.29) is 25.0 Å². The molecule has 0 radical (unpaired) electrons. The van der Waals surface area contributed by atoms with Crippen LogP contribution in [-0.2, 0) is 14.8 Å². The molecule has 0 bridgehead atoms. The molecule has 3 aromatic rings. The Labute approximate surface area is 239 Å². The second kappa shape index (κ2) is 14.0. The topological polar surface area (TPSA) is 162 Å². The third kappa shape index (κ3) is 7.34. The van der Waals surface area contributed by atoms with E-state index in [2.05, 4.69) is 36.6 Å². The van der Waals surface area contributed by atoms with Gasteiger partial charge in [0.15, 0.2) is 11.7 Å². The molecule has 0 saturated heterocycles. The van der Waals surface area contributed by atoms with Gasteiger partial charge in [0.25, 0.3) is 0 Å². The van der Waals surface area contributed by atoms with Crippen LogP contribution in [0.25, 0.3) is 17.1 Å². The van der Waals surface area contributed by atoms with Crippen molar-refractivity contribution < 1.29 is 27.7 Å². The number of aliphatic imine (C=N–C) groups is 2. The third-order valence-electron chi connectivity index (χ3n) is 5.83. The number of rotatable bonds is 13. The smallest absolute Gasteiger partial charge is 0.243 e. The van der Waals surface area contributed by atoms with E-state index in [1.165, 1.54) is 31.9 Å². The SMILES string of the molecule is C=N/C(=N\C=C(C)C)[C@H](OCCO)[C@@H](C)S(=O)(=O)Nc1nnc(-c2cncc(C)c2)n1-c1c(OC)cccc1OC. The van der Waals surface area contributed by atoms with Crippen LogP contribution < -0.4 is 14.2 Å². The predicted molar refractivity (Wildman–Crippen MR) is 158 cm³/mol. The summed E-state index contributed by atoms with van der Waals surface area (Å²) in [6.45, 7) is 10.0. The predicted octanol–water partition coefficient (Wildman–Crippen LogP) is 3.19. The van der Waals surface area contributed by atoms with Crippen LogP contribution >= 0.6 is 0 Å². The number of nitrogens with one attached hydrogen (secondary N) is 1. The Morgan fingerprint density at radius 1 is 1.20 bits per heavy atom. The van der Waals surface area contributed by atoms with Crippen molar-refractivity contribution >= 4 is 28.5 Å². The lowest BCUT2D eigenvalue weighted by Crippen LogP contribution is -2.42. The summed E-state index contributed by atoms with van der Waals surface area (Å²) in [5.41, 5.74) is 2.68. The molecule has 2 N–H and O–H groups in total. The average molecular weight is 586 g/mol. The second-order valence-electron chi connectivity index (χ2n) is 9.16. The van der Waals surface area contributed by atoms with E-state index in [4.69, 9.17) is 14.2 Å². The molecule has 2 heterocycles. The largest absolute Gasteiger partial charge is 0.494 e. The molecule has 2 aromatic heterocycles. The van der Waals surface area contributed by atoms with Gasteiger partial charge < -0.3 is 19.3 Å². The molecule has 0 aliphatic rings. The first-order valence-corrected chi connectivity index (χ1v) is 14.1. The van der Waals surface area contributed by atoms with Crippen molar-refractivity contribution in [2.75, 3.05) is 32.2 Å². The second-order valence-corrected chi connectivity index (χ2v) is 11.2. The molecule has 13 nitrogen and oxygen atoms in total. The molecule has 2 atom stereocenters. The molecule has 3 rings (SSSR count). The van der Waals surface area contributed by atoms with Crippen molar-refractivity contribution in [3.63, 3.8) is 0 Å². The van der Waals surface area contributed by atoms with Crippen molar-refractivity contribution in [2.45, 2.75) is 39.0 Å². The molecule has 0 spiro atoms. The number of pyridine rings is 1. The summed E-state index contributed by atoms with van der Waals surface area (Å²) in [5.74, 6) is 0.968. The summed E-state index contributed by atoms with van der Waals surface area (Å²) in [7, 11) is -1.28. The van der Waals surface area contributed by atoms with Gasteiger partial charge in [0.2, 0.25) is 16.0 Å². The summed E-state index contributed by atoms with van der Waals surface area (Å²) < 4.78 is 48.6. The Balaban J connectivity index is 2.19. The van der Waals surface area contributed by atoms with E-state index in [0.717, 1.165) is 11.1 Å². The standard InChI is InChI=1S/C27H35N7O6S/c1-17(2)14-30-25(28-5)24(40-12-11-35)19(4)41(36,37)33-27-32-31-26(20-13-18(3)15-29-16-20)34(27)23-21(38-6)9-8-10-22(23)39-7/h8-10,13-16,19,24,35H,5,11-12H2,1-4,6-7H3,(H,32,33)/b30-25-/t19-,24-/m1/s1. The lowest BCUT2D eigenvalue weighted by Gasteiger charge is -2.24. The van der Waals surface area contributed by atoms with Crippen LogP contribution in [0, 0.1) is 6.92 Å².